The number of amides is 1. The molecule has 0 fully saturated rings. The molecule has 1 atom stereocenters. The van der Waals surface area contributed by atoms with Gasteiger partial charge in [0.15, 0.2) is 9.84 Å². The molecule has 0 radical (unpaired) electrons. The van der Waals surface area contributed by atoms with E-state index in [1.807, 2.05) is 6.92 Å². The first kappa shape index (κ1) is 16.7. The Morgan fingerprint density at radius 3 is 2.30 bits per heavy atom. The zero-order chi connectivity index (χ0) is 15.3. The monoisotopic (exact) mass is 297 g/mol. The highest BCUT2D eigenvalue weighted by molar-refractivity contribution is 7.90. The lowest BCUT2D eigenvalue weighted by atomic mass is 10.0. The third kappa shape index (κ3) is 4.96. The van der Waals surface area contributed by atoms with Gasteiger partial charge in [-0.2, -0.15) is 0 Å². The molecule has 0 saturated heterocycles. The van der Waals surface area contributed by atoms with Crippen LogP contribution in [0.3, 0.4) is 0 Å². The van der Waals surface area contributed by atoms with Crippen LogP contribution in [0.5, 0.6) is 0 Å². The van der Waals surface area contributed by atoms with Crippen molar-refractivity contribution in [3.8, 4) is 0 Å². The molecule has 0 spiro atoms. The maximum atomic E-state index is 12.2. The first-order chi connectivity index (χ1) is 9.21. The summed E-state index contributed by atoms with van der Waals surface area (Å²) >= 11 is 0. The number of hydrogen-bond acceptors (Lipinski definition) is 3. The van der Waals surface area contributed by atoms with Crippen LogP contribution in [-0.2, 0) is 9.84 Å². The Labute approximate surface area is 121 Å². The minimum Gasteiger partial charge on any atom is -0.350 e. The lowest BCUT2D eigenvalue weighted by Gasteiger charge is -2.16. The number of carbonyl (C=O) groups is 1. The van der Waals surface area contributed by atoms with Gasteiger partial charge in [0.25, 0.3) is 5.91 Å². The van der Waals surface area contributed by atoms with Gasteiger partial charge in [-0.25, -0.2) is 8.42 Å². The van der Waals surface area contributed by atoms with E-state index >= 15 is 0 Å². The molecule has 1 aromatic rings. The molecule has 1 amide bonds. The van der Waals surface area contributed by atoms with Crippen molar-refractivity contribution in [1.29, 1.82) is 0 Å². The average molecular weight is 297 g/mol. The Hall–Kier alpha value is -1.36. The van der Waals surface area contributed by atoms with E-state index in [0.29, 0.717) is 5.92 Å². The first-order valence-electron chi connectivity index (χ1n) is 6.81. The minimum atomic E-state index is -3.40. The summed E-state index contributed by atoms with van der Waals surface area (Å²) in [6.07, 6.45) is 3.01. The van der Waals surface area contributed by atoms with Crippen molar-refractivity contribution >= 4 is 15.7 Å². The fourth-order valence-corrected chi connectivity index (χ4v) is 2.82. The van der Waals surface area contributed by atoms with Crippen LogP contribution in [0.4, 0.5) is 0 Å². The van der Waals surface area contributed by atoms with E-state index in [9.17, 15) is 13.2 Å². The van der Waals surface area contributed by atoms with E-state index in [0.717, 1.165) is 19.1 Å². The van der Waals surface area contributed by atoms with Gasteiger partial charge < -0.3 is 5.32 Å². The predicted octanol–water partition coefficient (Wildman–Crippen LogP) is 2.64. The van der Waals surface area contributed by atoms with Crippen LogP contribution in [0.15, 0.2) is 29.2 Å². The summed E-state index contributed by atoms with van der Waals surface area (Å²) in [7, 11) is -3.40. The third-order valence-corrected chi connectivity index (χ3v) is 4.24. The van der Waals surface area contributed by atoms with Gasteiger partial charge in [-0.3, -0.25) is 4.79 Å². The van der Waals surface area contributed by atoms with Crippen LogP contribution >= 0.6 is 0 Å². The average Bonchev–Trinajstić information content (AvgIpc) is 2.35. The van der Waals surface area contributed by atoms with Gasteiger partial charge in [-0.1, -0.05) is 26.0 Å². The summed E-state index contributed by atoms with van der Waals surface area (Å²) in [6, 6.07) is 6.32. The summed E-state index contributed by atoms with van der Waals surface area (Å²) in [4.78, 5) is 12.3. The summed E-state index contributed by atoms with van der Waals surface area (Å²) in [6.45, 7) is 6.20. The summed E-state index contributed by atoms with van der Waals surface area (Å²) in [5.41, 5.74) is 0.214. The SMILES string of the molecule is CC(C)CCC(C)NC(=O)c1ccccc1S(C)(=O)=O. The lowest BCUT2D eigenvalue weighted by Crippen LogP contribution is -2.33. The number of carbonyl (C=O) groups excluding carboxylic acids is 1. The van der Waals surface area contributed by atoms with E-state index < -0.39 is 9.84 Å². The molecule has 1 N–H and O–H groups in total. The van der Waals surface area contributed by atoms with Gasteiger partial charge >= 0.3 is 0 Å². The Kier molecular flexibility index (Phi) is 5.74. The highest BCUT2D eigenvalue weighted by Crippen LogP contribution is 2.16. The summed E-state index contributed by atoms with van der Waals surface area (Å²) in [5.74, 6) is 0.250. The molecule has 5 heteroatoms. The normalized spacial score (nSPS) is 13.2. The van der Waals surface area contributed by atoms with E-state index in [1.54, 1.807) is 18.2 Å². The zero-order valence-corrected chi connectivity index (χ0v) is 13.3. The zero-order valence-electron chi connectivity index (χ0n) is 12.5. The van der Waals surface area contributed by atoms with Gasteiger partial charge in [0.1, 0.15) is 0 Å². The Balaban J connectivity index is 2.83. The molecule has 0 heterocycles. The molecular formula is C15H23NO3S. The molecule has 0 aromatic heterocycles. The van der Waals surface area contributed by atoms with Gasteiger partial charge in [-0.15, -0.1) is 0 Å². The van der Waals surface area contributed by atoms with Crippen molar-refractivity contribution in [2.75, 3.05) is 6.26 Å². The molecule has 1 aromatic carbocycles. The Morgan fingerprint density at radius 1 is 1.15 bits per heavy atom. The third-order valence-electron chi connectivity index (χ3n) is 3.09. The molecule has 0 aliphatic heterocycles. The second-order valence-electron chi connectivity index (χ2n) is 5.61. The molecule has 4 nitrogen and oxygen atoms in total. The van der Waals surface area contributed by atoms with E-state index in [1.165, 1.54) is 6.07 Å². The van der Waals surface area contributed by atoms with Crippen molar-refractivity contribution in [3.63, 3.8) is 0 Å². The molecule has 0 saturated carbocycles. The Morgan fingerprint density at radius 2 is 1.75 bits per heavy atom. The molecular weight excluding hydrogens is 274 g/mol. The molecule has 1 unspecified atom stereocenters. The summed E-state index contributed by atoms with van der Waals surface area (Å²) in [5, 5.41) is 2.86. The van der Waals surface area contributed by atoms with Crippen LogP contribution in [0.2, 0.25) is 0 Å². The summed E-state index contributed by atoms with van der Waals surface area (Å²) < 4.78 is 23.4. The lowest BCUT2D eigenvalue weighted by molar-refractivity contribution is 0.0934. The molecule has 0 aliphatic rings. The van der Waals surface area contributed by atoms with E-state index in [4.69, 9.17) is 0 Å². The van der Waals surface area contributed by atoms with Crippen LogP contribution in [0.25, 0.3) is 0 Å². The van der Waals surface area contributed by atoms with Crippen LogP contribution in [0.1, 0.15) is 44.0 Å². The van der Waals surface area contributed by atoms with E-state index in [-0.39, 0.29) is 22.4 Å². The van der Waals surface area contributed by atoms with E-state index in [2.05, 4.69) is 19.2 Å². The standard InChI is InChI=1S/C15H23NO3S/c1-11(2)9-10-12(3)16-15(17)13-7-5-6-8-14(13)20(4,18)19/h5-8,11-12H,9-10H2,1-4H3,(H,16,17). The molecule has 20 heavy (non-hydrogen) atoms. The highest BCUT2D eigenvalue weighted by atomic mass is 32.2. The maximum Gasteiger partial charge on any atom is 0.252 e. The highest BCUT2D eigenvalue weighted by Gasteiger charge is 2.19. The topological polar surface area (TPSA) is 63.2 Å². The first-order valence-corrected chi connectivity index (χ1v) is 8.71. The van der Waals surface area contributed by atoms with Crippen molar-refractivity contribution in [2.45, 2.75) is 44.6 Å². The molecule has 0 bridgehead atoms. The smallest absolute Gasteiger partial charge is 0.252 e. The maximum absolute atomic E-state index is 12.2. The van der Waals surface area contributed by atoms with Crippen molar-refractivity contribution in [2.24, 2.45) is 5.92 Å². The number of rotatable bonds is 6. The van der Waals surface area contributed by atoms with Crippen LogP contribution < -0.4 is 5.32 Å². The van der Waals surface area contributed by atoms with Crippen molar-refractivity contribution in [1.82, 2.24) is 5.32 Å². The number of sulfone groups is 1. The molecule has 0 aliphatic carbocycles. The second-order valence-corrected chi connectivity index (χ2v) is 7.60. The largest absolute Gasteiger partial charge is 0.350 e. The molecule has 1 rings (SSSR count). The number of hydrogen-bond donors (Lipinski definition) is 1. The fourth-order valence-electron chi connectivity index (χ4n) is 1.93. The van der Waals surface area contributed by atoms with Gasteiger partial charge in [0.2, 0.25) is 0 Å². The van der Waals surface area contributed by atoms with Gasteiger partial charge in [-0.05, 0) is 37.8 Å². The van der Waals surface area contributed by atoms with Crippen molar-refractivity contribution < 1.29 is 13.2 Å². The number of benzene rings is 1. The van der Waals surface area contributed by atoms with Gasteiger partial charge in [0, 0.05) is 12.3 Å². The Bertz CT molecular complexity index is 564. The predicted molar refractivity (Wildman–Crippen MR) is 80.6 cm³/mol. The molecule has 112 valence electrons. The van der Waals surface area contributed by atoms with Crippen LogP contribution in [-0.4, -0.2) is 26.6 Å². The fraction of sp³-hybridized carbons (Fsp3) is 0.533. The minimum absolute atomic E-state index is 0.0255. The second kappa shape index (κ2) is 6.88. The van der Waals surface area contributed by atoms with Crippen LogP contribution in [0, 0.1) is 5.92 Å². The van der Waals surface area contributed by atoms with Gasteiger partial charge in [0.05, 0.1) is 10.5 Å². The number of nitrogens with one attached hydrogen (secondary N) is 1. The van der Waals surface area contributed by atoms with Crippen molar-refractivity contribution in [3.05, 3.63) is 29.8 Å². The quantitative estimate of drug-likeness (QED) is 0.878.